The molecule has 0 radical (unpaired) electrons. The smallest absolute Gasteiger partial charge is 0.149 e. The van der Waals surface area contributed by atoms with E-state index in [1.807, 2.05) is 0 Å². The van der Waals surface area contributed by atoms with Gasteiger partial charge in [-0.05, 0) is 39.0 Å². The number of hydrogen-bond acceptors (Lipinski definition) is 3. The van der Waals surface area contributed by atoms with E-state index < -0.39 is 0 Å². The minimum absolute atomic E-state index is 0.0397. The summed E-state index contributed by atoms with van der Waals surface area (Å²) in [6.45, 7) is 6.71. The van der Waals surface area contributed by atoms with Crippen LogP contribution in [-0.4, -0.2) is 20.5 Å². The first-order valence-corrected chi connectivity index (χ1v) is 6.35. The zero-order valence-electron chi connectivity index (χ0n) is 11.1. The number of halogens is 2. The van der Waals surface area contributed by atoms with E-state index in [9.17, 15) is 4.39 Å². The molecule has 2 aromatic rings. The normalized spacial score (nSPS) is 11.8. The highest BCUT2D eigenvalue weighted by Gasteiger charge is 2.14. The van der Waals surface area contributed by atoms with Crippen LogP contribution in [0.3, 0.4) is 0 Å². The number of aromatic nitrogens is 3. The van der Waals surface area contributed by atoms with E-state index in [0.717, 1.165) is 5.69 Å². The van der Waals surface area contributed by atoms with E-state index in [1.165, 1.54) is 22.9 Å². The Morgan fingerprint density at radius 3 is 2.79 bits per heavy atom. The molecule has 0 aliphatic rings. The quantitative estimate of drug-likeness (QED) is 0.941. The fourth-order valence-corrected chi connectivity index (χ4v) is 1.75. The summed E-state index contributed by atoms with van der Waals surface area (Å²) >= 11 is 5.89. The van der Waals surface area contributed by atoms with Gasteiger partial charge in [0.15, 0.2) is 0 Å². The molecule has 2 rings (SSSR count). The van der Waals surface area contributed by atoms with Crippen LogP contribution in [0.1, 0.15) is 26.5 Å². The fraction of sp³-hybridized carbons (Fsp3) is 0.385. The summed E-state index contributed by atoms with van der Waals surface area (Å²) in [4.78, 5) is 0. The van der Waals surface area contributed by atoms with Crippen LogP contribution >= 0.6 is 11.6 Å². The van der Waals surface area contributed by atoms with Gasteiger partial charge in [0.05, 0.1) is 11.9 Å². The van der Waals surface area contributed by atoms with Crippen LogP contribution in [0.25, 0.3) is 5.69 Å². The largest absolute Gasteiger partial charge is 0.306 e. The molecule has 0 fully saturated rings. The van der Waals surface area contributed by atoms with Gasteiger partial charge in [0.2, 0.25) is 0 Å². The molecule has 0 spiro atoms. The lowest BCUT2D eigenvalue weighted by atomic mass is 10.1. The lowest BCUT2D eigenvalue weighted by Crippen LogP contribution is -2.35. The minimum Gasteiger partial charge on any atom is -0.306 e. The molecule has 0 saturated heterocycles. The molecule has 1 aromatic carbocycles. The van der Waals surface area contributed by atoms with E-state index in [2.05, 4.69) is 36.4 Å². The Bertz CT molecular complexity index is 574. The Labute approximate surface area is 116 Å². The molecular weight excluding hydrogens is 267 g/mol. The molecule has 4 nitrogen and oxygen atoms in total. The van der Waals surface area contributed by atoms with Gasteiger partial charge in [-0.1, -0.05) is 16.8 Å². The maximum atomic E-state index is 13.8. The Kier molecular flexibility index (Phi) is 3.87. The molecule has 6 heteroatoms. The average molecular weight is 283 g/mol. The molecule has 0 atom stereocenters. The van der Waals surface area contributed by atoms with Gasteiger partial charge in [-0.3, -0.25) is 0 Å². The third-order valence-corrected chi connectivity index (χ3v) is 2.79. The van der Waals surface area contributed by atoms with Gasteiger partial charge in [-0.2, -0.15) is 0 Å². The molecule has 102 valence electrons. The Morgan fingerprint density at radius 1 is 1.37 bits per heavy atom. The van der Waals surface area contributed by atoms with Gasteiger partial charge < -0.3 is 5.32 Å². The number of nitrogens with one attached hydrogen (secondary N) is 1. The van der Waals surface area contributed by atoms with E-state index in [4.69, 9.17) is 11.6 Å². The van der Waals surface area contributed by atoms with Gasteiger partial charge >= 0.3 is 0 Å². The summed E-state index contributed by atoms with van der Waals surface area (Å²) in [5.41, 5.74) is 1.04. The minimum atomic E-state index is -0.382. The average Bonchev–Trinajstić information content (AvgIpc) is 2.77. The second-order valence-corrected chi connectivity index (χ2v) is 5.77. The van der Waals surface area contributed by atoms with Crippen LogP contribution < -0.4 is 5.32 Å². The molecule has 0 unspecified atom stereocenters. The van der Waals surface area contributed by atoms with Gasteiger partial charge in [-0.25, -0.2) is 9.07 Å². The van der Waals surface area contributed by atoms with Gasteiger partial charge in [0, 0.05) is 17.1 Å². The first-order valence-electron chi connectivity index (χ1n) is 5.97. The van der Waals surface area contributed by atoms with Crippen LogP contribution in [-0.2, 0) is 6.54 Å². The summed E-state index contributed by atoms with van der Waals surface area (Å²) in [6.07, 6.45) is 1.61. The summed E-state index contributed by atoms with van der Waals surface area (Å²) in [6, 6.07) is 4.36. The topological polar surface area (TPSA) is 42.7 Å². The SMILES string of the molecule is CC(C)(C)NCc1cnnn1-c1cc(Cl)ccc1F. The lowest BCUT2D eigenvalue weighted by Gasteiger charge is -2.20. The first-order chi connectivity index (χ1) is 8.87. The highest BCUT2D eigenvalue weighted by Crippen LogP contribution is 2.19. The molecule has 1 aromatic heterocycles. The zero-order chi connectivity index (χ0) is 14.0. The van der Waals surface area contributed by atoms with Crippen molar-refractivity contribution in [2.45, 2.75) is 32.9 Å². The van der Waals surface area contributed by atoms with Crippen molar-refractivity contribution < 1.29 is 4.39 Å². The van der Waals surface area contributed by atoms with Crippen molar-refractivity contribution in [3.8, 4) is 5.69 Å². The Morgan fingerprint density at radius 2 is 2.11 bits per heavy atom. The van der Waals surface area contributed by atoms with Crippen LogP contribution in [0.5, 0.6) is 0 Å². The number of benzene rings is 1. The van der Waals surface area contributed by atoms with Crippen molar-refractivity contribution in [2.75, 3.05) is 0 Å². The summed E-state index contributed by atoms with van der Waals surface area (Å²) < 4.78 is 15.3. The fourth-order valence-electron chi connectivity index (χ4n) is 1.58. The summed E-state index contributed by atoms with van der Waals surface area (Å²) in [5.74, 6) is -0.382. The molecular formula is C13H16ClFN4. The predicted octanol–water partition coefficient (Wildman–Crippen LogP) is 2.95. The third kappa shape index (κ3) is 3.52. The summed E-state index contributed by atoms with van der Waals surface area (Å²) in [7, 11) is 0. The van der Waals surface area contributed by atoms with E-state index in [1.54, 1.807) is 6.20 Å². The predicted molar refractivity (Wildman–Crippen MR) is 72.9 cm³/mol. The number of rotatable bonds is 3. The van der Waals surface area contributed by atoms with Crippen LogP contribution in [0.2, 0.25) is 5.02 Å². The van der Waals surface area contributed by atoms with Crippen LogP contribution in [0, 0.1) is 5.82 Å². The molecule has 0 amide bonds. The lowest BCUT2D eigenvalue weighted by molar-refractivity contribution is 0.418. The number of nitrogens with zero attached hydrogens (tertiary/aromatic N) is 3. The standard InChI is InChI=1S/C13H16ClFN4/c1-13(2,3)16-7-10-8-17-18-19(10)12-6-9(14)4-5-11(12)15/h4-6,8,16H,7H2,1-3H3. The molecule has 0 saturated carbocycles. The zero-order valence-corrected chi connectivity index (χ0v) is 11.9. The first kappa shape index (κ1) is 14.0. The molecule has 0 aliphatic heterocycles. The third-order valence-electron chi connectivity index (χ3n) is 2.56. The van der Waals surface area contributed by atoms with Crippen molar-refractivity contribution >= 4 is 11.6 Å². The molecule has 0 bridgehead atoms. The second kappa shape index (κ2) is 5.27. The monoisotopic (exact) mass is 282 g/mol. The van der Waals surface area contributed by atoms with E-state index in [0.29, 0.717) is 17.3 Å². The molecule has 19 heavy (non-hydrogen) atoms. The second-order valence-electron chi connectivity index (χ2n) is 5.34. The van der Waals surface area contributed by atoms with Crippen molar-refractivity contribution in [3.05, 3.63) is 40.9 Å². The van der Waals surface area contributed by atoms with Gasteiger partial charge in [0.25, 0.3) is 0 Å². The van der Waals surface area contributed by atoms with Crippen molar-refractivity contribution in [1.29, 1.82) is 0 Å². The summed E-state index contributed by atoms with van der Waals surface area (Å²) in [5, 5.41) is 11.5. The molecule has 1 N–H and O–H groups in total. The van der Waals surface area contributed by atoms with Crippen LogP contribution in [0.15, 0.2) is 24.4 Å². The van der Waals surface area contributed by atoms with Crippen molar-refractivity contribution in [1.82, 2.24) is 20.3 Å². The highest BCUT2D eigenvalue weighted by molar-refractivity contribution is 6.30. The Balaban J connectivity index is 2.31. The Hall–Kier alpha value is -1.46. The van der Waals surface area contributed by atoms with Crippen molar-refractivity contribution in [3.63, 3.8) is 0 Å². The van der Waals surface area contributed by atoms with E-state index in [-0.39, 0.29) is 11.4 Å². The number of hydrogen-bond donors (Lipinski definition) is 1. The maximum absolute atomic E-state index is 13.8. The highest BCUT2D eigenvalue weighted by atomic mass is 35.5. The van der Waals surface area contributed by atoms with Crippen molar-refractivity contribution in [2.24, 2.45) is 0 Å². The van der Waals surface area contributed by atoms with E-state index >= 15 is 0 Å². The maximum Gasteiger partial charge on any atom is 0.149 e. The van der Waals surface area contributed by atoms with Crippen LogP contribution in [0.4, 0.5) is 4.39 Å². The molecule has 0 aliphatic carbocycles. The molecule has 1 heterocycles. The van der Waals surface area contributed by atoms with Gasteiger partial charge in [-0.15, -0.1) is 5.10 Å². The van der Waals surface area contributed by atoms with Gasteiger partial charge in [0.1, 0.15) is 11.5 Å².